The van der Waals surface area contributed by atoms with Crippen LogP contribution in [0.15, 0.2) is 36.8 Å². The Balaban J connectivity index is 2.04. The lowest BCUT2D eigenvalue weighted by Crippen LogP contribution is -2.05. The highest BCUT2D eigenvalue weighted by Gasteiger charge is 2.05. The lowest BCUT2D eigenvalue weighted by Gasteiger charge is -2.04. The van der Waals surface area contributed by atoms with Crippen molar-refractivity contribution in [2.45, 2.75) is 13.5 Å². The minimum Gasteiger partial charge on any atom is -0.340 e. The summed E-state index contributed by atoms with van der Waals surface area (Å²) in [5, 5.41) is 5.35. The van der Waals surface area contributed by atoms with Gasteiger partial charge < -0.3 is 4.57 Å². The van der Waals surface area contributed by atoms with Gasteiger partial charge in [-0.25, -0.2) is 4.98 Å². The number of benzene rings is 1. The molecular formula is C13H14N4. The molecule has 0 aliphatic heterocycles. The molecule has 0 bridgehead atoms. The van der Waals surface area contributed by atoms with Gasteiger partial charge in [0.25, 0.3) is 0 Å². The Morgan fingerprint density at radius 2 is 2.12 bits per heavy atom. The number of hydrogen-bond donors (Lipinski definition) is 0. The number of fused-ring (bicyclic) bond motifs is 1. The van der Waals surface area contributed by atoms with Crippen molar-refractivity contribution >= 4 is 10.9 Å². The third-order valence-corrected chi connectivity index (χ3v) is 3.04. The minimum atomic E-state index is 0.753. The molecule has 86 valence electrons. The molecule has 4 heteroatoms. The Kier molecular flexibility index (Phi) is 2.21. The third-order valence-electron chi connectivity index (χ3n) is 3.04. The molecule has 2 heterocycles. The Bertz CT molecular complexity index is 663. The fourth-order valence-electron chi connectivity index (χ4n) is 2.07. The molecule has 0 radical (unpaired) electrons. The van der Waals surface area contributed by atoms with Crippen LogP contribution in [0.25, 0.3) is 10.9 Å². The molecule has 3 rings (SSSR count). The van der Waals surface area contributed by atoms with Gasteiger partial charge in [-0.15, -0.1) is 0 Å². The van der Waals surface area contributed by atoms with Gasteiger partial charge in [-0.2, -0.15) is 5.10 Å². The summed E-state index contributed by atoms with van der Waals surface area (Å²) in [5.74, 6) is 0.961. The molecule has 17 heavy (non-hydrogen) atoms. The molecule has 1 aromatic carbocycles. The van der Waals surface area contributed by atoms with E-state index in [4.69, 9.17) is 0 Å². The quantitative estimate of drug-likeness (QED) is 0.671. The summed E-state index contributed by atoms with van der Waals surface area (Å²) in [6.07, 6.45) is 3.68. The average Bonchev–Trinajstić information content (AvgIpc) is 2.87. The fraction of sp³-hybridized carbons (Fsp3) is 0.231. The van der Waals surface area contributed by atoms with Crippen LogP contribution in [0.4, 0.5) is 0 Å². The predicted octanol–water partition coefficient (Wildman–Crippen LogP) is 2.13. The molecule has 2 aromatic heterocycles. The van der Waals surface area contributed by atoms with Crippen molar-refractivity contribution in [3.8, 4) is 0 Å². The maximum absolute atomic E-state index is 4.25. The largest absolute Gasteiger partial charge is 0.340 e. The summed E-state index contributed by atoms with van der Waals surface area (Å²) in [7, 11) is 1.91. The second-order valence-electron chi connectivity index (χ2n) is 4.31. The number of rotatable bonds is 2. The number of hydrogen-bond acceptors (Lipinski definition) is 2. The van der Waals surface area contributed by atoms with Crippen LogP contribution in [-0.2, 0) is 13.6 Å². The topological polar surface area (TPSA) is 35.6 Å². The van der Waals surface area contributed by atoms with E-state index in [-0.39, 0.29) is 0 Å². The van der Waals surface area contributed by atoms with Crippen molar-refractivity contribution in [2.75, 3.05) is 0 Å². The maximum Gasteiger partial charge on any atom is 0.146 e. The molecule has 0 saturated heterocycles. The molecule has 0 amide bonds. The molecule has 4 nitrogen and oxygen atoms in total. The predicted molar refractivity (Wildman–Crippen MR) is 66.8 cm³/mol. The van der Waals surface area contributed by atoms with E-state index in [1.165, 1.54) is 16.5 Å². The standard InChI is InChI=1S/C13H14N4/c1-10-3-4-12-11(7-10)5-6-17(12)8-13-14-9-15-16(13)2/h3-7,9H,8H2,1-2H3. The van der Waals surface area contributed by atoms with Crippen molar-refractivity contribution < 1.29 is 0 Å². The summed E-state index contributed by atoms with van der Waals surface area (Å²) >= 11 is 0. The first-order valence-electron chi connectivity index (χ1n) is 5.62. The van der Waals surface area contributed by atoms with Crippen LogP contribution in [0.1, 0.15) is 11.4 Å². The highest BCUT2D eigenvalue weighted by Crippen LogP contribution is 2.18. The maximum atomic E-state index is 4.25. The zero-order valence-corrected chi connectivity index (χ0v) is 9.96. The molecule has 0 saturated carbocycles. The zero-order valence-electron chi connectivity index (χ0n) is 9.96. The van der Waals surface area contributed by atoms with Gasteiger partial charge in [-0.1, -0.05) is 11.6 Å². The van der Waals surface area contributed by atoms with Crippen LogP contribution >= 0.6 is 0 Å². The molecule has 0 aliphatic carbocycles. The Morgan fingerprint density at radius 3 is 2.88 bits per heavy atom. The summed E-state index contributed by atoms with van der Waals surface area (Å²) < 4.78 is 4.00. The van der Waals surface area contributed by atoms with E-state index in [0.29, 0.717) is 0 Å². The highest BCUT2D eigenvalue weighted by molar-refractivity contribution is 5.80. The van der Waals surface area contributed by atoms with E-state index < -0.39 is 0 Å². The highest BCUT2D eigenvalue weighted by atomic mass is 15.3. The molecule has 3 aromatic rings. The van der Waals surface area contributed by atoms with Gasteiger partial charge in [0, 0.05) is 18.8 Å². The van der Waals surface area contributed by atoms with Gasteiger partial charge in [0.15, 0.2) is 0 Å². The molecule has 0 atom stereocenters. The van der Waals surface area contributed by atoms with Gasteiger partial charge in [-0.3, -0.25) is 4.68 Å². The molecule has 0 aliphatic rings. The lowest BCUT2D eigenvalue weighted by atomic mass is 10.2. The van der Waals surface area contributed by atoms with Gasteiger partial charge in [0.2, 0.25) is 0 Å². The van der Waals surface area contributed by atoms with Crippen molar-refractivity contribution in [2.24, 2.45) is 7.05 Å². The zero-order chi connectivity index (χ0) is 11.8. The van der Waals surface area contributed by atoms with E-state index in [2.05, 4.69) is 52.0 Å². The van der Waals surface area contributed by atoms with E-state index in [9.17, 15) is 0 Å². The Labute approximate surface area is 99.5 Å². The van der Waals surface area contributed by atoms with Gasteiger partial charge in [-0.05, 0) is 30.5 Å². The van der Waals surface area contributed by atoms with Gasteiger partial charge >= 0.3 is 0 Å². The normalized spacial score (nSPS) is 11.2. The summed E-state index contributed by atoms with van der Waals surface area (Å²) in [5.41, 5.74) is 2.52. The van der Waals surface area contributed by atoms with Crippen molar-refractivity contribution in [1.29, 1.82) is 0 Å². The smallest absolute Gasteiger partial charge is 0.146 e. The second-order valence-corrected chi connectivity index (χ2v) is 4.31. The van der Waals surface area contributed by atoms with Crippen LogP contribution < -0.4 is 0 Å². The molecule has 0 unspecified atom stereocenters. The van der Waals surface area contributed by atoms with Crippen LogP contribution in [-0.4, -0.2) is 19.3 Å². The molecule has 0 fully saturated rings. The second kappa shape index (κ2) is 3.73. The fourth-order valence-corrected chi connectivity index (χ4v) is 2.07. The van der Waals surface area contributed by atoms with E-state index in [1.807, 2.05) is 7.05 Å². The monoisotopic (exact) mass is 226 g/mol. The van der Waals surface area contributed by atoms with Crippen molar-refractivity contribution in [3.63, 3.8) is 0 Å². The first-order valence-corrected chi connectivity index (χ1v) is 5.62. The Morgan fingerprint density at radius 1 is 1.24 bits per heavy atom. The number of aryl methyl sites for hydroxylation is 2. The third kappa shape index (κ3) is 1.71. The molecular weight excluding hydrogens is 212 g/mol. The van der Waals surface area contributed by atoms with Crippen molar-refractivity contribution in [1.82, 2.24) is 19.3 Å². The number of nitrogens with zero attached hydrogens (tertiary/aromatic N) is 4. The van der Waals surface area contributed by atoms with Crippen LogP contribution in [0.2, 0.25) is 0 Å². The first-order chi connectivity index (χ1) is 8.24. The van der Waals surface area contributed by atoms with Gasteiger partial charge in [0.1, 0.15) is 12.2 Å². The van der Waals surface area contributed by atoms with Crippen LogP contribution in [0.3, 0.4) is 0 Å². The number of aromatic nitrogens is 4. The first kappa shape index (κ1) is 10.1. The van der Waals surface area contributed by atoms with Crippen molar-refractivity contribution in [3.05, 3.63) is 48.2 Å². The van der Waals surface area contributed by atoms with E-state index >= 15 is 0 Å². The SMILES string of the molecule is Cc1ccc2c(ccn2Cc2ncnn2C)c1. The molecule has 0 spiro atoms. The van der Waals surface area contributed by atoms with E-state index in [1.54, 1.807) is 11.0 Å². The molecule has 0 N–H and O–H groups in total. The summed E-state index contributed by atoms with van der Waals surface area (Å²) in [4.78, 5) is 4.25. The average molecular weight is 226 g/mol. The van der Waals surface area contributed by atoms with Gasteiger partial charge in [0.05, 0.1) is 6.54 Å². The Hall–Kier alpha value is -2.10. The minimum absolute atomic E-state index is 0.753. The van der Waals surface area contributed by atoms with Crippen LogP contribution in [0.5, 0.6) is 0 Å². The van der Waals surface area contributed by atoms with Crippen LogP contribution in [0, 0.1) is 6.92 Å². The summed E-state index contributed by atoms with van der Waals surface area (Å²) in [6.45, 7) is 2.86. The lowest BCUT2D eigenvalue weighted by molar-refractivity contribution is 0.664. The van der Waals surface area contributed by atoms with E-state index in [0.717, 1.165) is 12.4 Å². The summed E-state index contributed by atoms with van der Waals surface area (Å²) in [6, 6.07) is 8.62.